The molecule has 2 aliphatic rings. The average Bonchev–Trinajstić information content (AvgIpc) is 3.66. The fourth-order valence-electron chi connectivity index (χ4n) is 7.44. The normalized spacial score (nSPS) is 13.5. The number of halogens is 5. The van der Waals surface area contributed by atoms with Gasteiger partial charge in [-0.2, -0.15) is 0 Å². The van der Waals surface area contributed by atoms with E-state index in [1.54, 1.807) is 0 Å². The van der Waals surface area contributed by atoms with Crippen molar-refractivity contribution in [3.05, 3.63) is 174 Å². The maximum atomic E-state index is 6.99. The van der Waals surface area contributed by atoms with Gasteiger partial charge in [0, 0.05) is 0 Å². The molecule has 257 valence electrons. The molecule has 5 aromatic rings. The van der Waals surface area contributed by atoms with Gasteiger partial charge in [0.25, 0.3) is 0 Å². The molecule has 0 saturated carbocycles. The summed E-state index contributed by atoms with van der Waals surface area (Å²) >= 11 is 21.0. The molecule has 0 unspecified atom stereocenters. The molecule has 0 atom stereocenters. The van der Waals surface area contributed by atoms with Crippen molar-refractivity contribution >= 4 is 54.9 Å². The first-order valence-electron chi connectivity index (χ1n) is 16.7. The van der Waals surface area contributed by atoms with Gasteiger partial charge in [0.1, 0.15) is 0 Å². The zero-order valence-electron chi connectivity index (χ0n) is 29.5. The Morgan fingerprint density at radius 3 is 1.78 bits per heavy atom. The topological polar surface area (TPSA) is 0 Å². The van der Waals surface area contributed by atoms with Crippen LogP contribution in [0.15, 0.2) is 109 Å². The van der Waals surface area contributed by atoms with E-state index in [2.05, 4.69) is 139 Å². The van der Waals surface area contributed by atoms with E-state index in [1.165, 1.54) is 69.4 Å². The molecular weight excluding hydrogens is 896 g/mol. The van der Waals surface area contributed by atoms with Crippen LogP contribution in [0.1, 0.15) is 86.9 Å². The standard InChI is InChI=1S/C45H38Cl3.2ClH.Hf/c1-44(2,3)30-20-21-31-29(24-30)25-36-35(31)26-37(39(27-14-9-7-10-15-27)28-16-11-8-12-17-28)41(45(4,5)6)40(36)33-19-13-18-32(33)34-22-23-38(46)43(48)42(34)47;;;/h7-18,20-24,26H,19H2,1-6H3;2*1H;/q;;;+2/p-2. The van der Waals surface area contributed by atoms with Crippen molar-refractivity contribution in [1.29, 1.82) is 0 Å². The minimum absolute atomic E-state index is 0. The summed E-state index contributed by atoms with van der Waals surface area (Å²) in [6, 6.07) is 35.3. The van der Waals surface area contributed by atoms with E-state index < -0.39 is 0 Å². The summed E-state index contributed by atoms with van der Waals surface area (Å²) in [5, 5.41) is 3.98. The Labute approximate surface area is 344 Å². The van der Waals surface area contributed by atoms with Gasteiger partial charge in [-0.1, -0.05) is 0 Å². The van der Waals surface area contributed by atoms with E-state index in [1.807, 2.05) is 12.1 Å². The molecule has 0 nitrogen and oxygen atoms in total. The Bertz CT molecular complexity index is 2300. The van der Waals surface area contributed by atoms with Gasteiger partial charge in [0.05, 0.1) is 0 Å². The number of benzene rings is 5. The van der Waals surface area contributed by atoms with Crippen molar-refractivity contribution in [1.82, 2.24) is 0 Å². The van der Waals surface area contributed by atoms with Crippen molar-refractivity contribution in [3.63, 3.8) is 0 Å². The molecule has 0 aromatic heterocycles. The quantitative estimate of drug-likeness (QED) is 0.152. The monoisotopic (exact) mass is 933 g/mol. The first-order chi connectivity index (χ1) is 23.3. The van der Waals surface area contributed by atoms with Gasteiger partial charge < -0.3 is 24.8 Å². The van der Waals surface area contributed by atoms with Crippen LogP contribution < -0.4 is 35.3 Å². The minimum Gasteiger partial charge on any atom is -1.00 e. The van der Waals surface area contributed by atoms with Gasteiger partial charge in [-0.25, -0.2) is 0 Å². The smallest absolute Gasteiger partial charge is 1.00 e. The number of hydrogen-bond donors (Lipinski definition) is 0. The Kier molecular flexibility index (Phi) is 11.9. The summed E-state index contributed by atoms with van der Waals surface area (Å²) in [6.45, 7) is 14.0. The van der Waals surface area contributed by atoms with Gasteiger partial charge in [0.15, 0.2) is 0 Å². The maximum Gasteiger partial charge on any atom is -1.00 e. The summed E-state index contributed by atoms with van der Waals surface area (Å²) in [4.78, 5) is 0. The molecule has 7 rings (SSSR count). The number of rotatable bonds is 4. The van der Waals surface area contributed by atoms with Crippen LogP contribution in [0.5, 0.6) is 0 Å². The van der Waals surface area contributed by atoms with Crippen molar-refractivity contribution in [2.45, 2.75) is 58.8 Å². The van der Waals surface area contributed by atoms with Crippen LogP contribution in [0.2, 0.25) is 15.1 Å². The molecule has 0 amide bonds. The van der Waals surface area contributed by atoms with E-state index in [0.717, 1.165) is 41.9 Å². The number of allylic oxidation sites excluding steroid dienone is 4. The van der Waals surface area contributed by atoms with Crippen molar-refractivity contribution in [2.75, 3.05) is 0 Å². The maximum absolute atomic E-state index is 6.99. The van der Waals surface area contributed by atoms with Gasteiger partial charge in [-0.15, -0.1) is 0 Å². The average molecular weight is 935 g/mol. The van der Waals surface area contributed by atoms with Crippen LogP contribution in [-0.4, -0.2) is 0 Å². The van der Waals surface area contributed by atoms with E-state index in [-0.39, 0.29) is 35.6 Å². The van der Waals surface area contributed by atoms with E-state index in [9.17, 15) is 0 Å². The zero-order chi connectivity index (χ0) is 34.8. The van der Waals surface area contributed by atoms with Crippen LogP contribution in [0.3, 0.4) is 0 Å². The first-order valence-corrected chi connectivity index (χ1v) is 19.7. The molecule has 6 heteroatoms. The second kappa shape index (κ2) is 15.2. The summed E-state index contributed by atoms with van der Waals surface area (Å²) < 4.78 is 1.45. The molecule has 2 aliphatic carbocycles. The molecule has 0 bridgehead atoms. The summed E-state index contributed by atoms with van der Waals surface area (Å²) in [5.74, 6) is 0. The Balaban J connectivity index is 0.00000252. The minimum atomic E-state index is -0.205. The largest absolute Gasteiger partial charge is 1.00 e. The third-order valence-electron chi connectivity index (χ3n) is 9.73. The first kappa shape index (κ1) is 39.8. The third kappa shape index (κ3) is 7.17. The number of hydrogen-bond acceptors (Lipinski definition) is 0. The summed E-state index contributed by atoms with van der Waals surface area (Å²) in [5.41, 5.74) is 14.8. The third-order valence-corrected chi connectivity index (χ3v) is 12.9. The van der Waals surface area contributed by atoms with E-state index in [0.29, 0.717) is 15.1 Å². The second-order valence-electron chi connectivity index (χ2n) is 15.1. The molecule has 5 aromatic carbocycles. The Hall–Kier alpha value is -2.36. The molecule has 51 heavy (non-hydrogen) atoms. The van der Waals surface area contributed by atoms with Crippen LogP contribution >= 0.6 is 34.8 Å². The van der Waals surface area contributed by atoms with Crippen LogP contribution in [0, 0.1) is 0 Å². The van der Waals surface area contributed by atoms with Crippen LogP contribution in [-0.2, 0) is 35.2 Å². The summed E-state index contributed by atoms with van der Waals surface area (Å²) in [6.07, 6.45) is 5.29. The van der Waals surface area contributed by atoms with Crippen molar-refractivity contribution in [2.24, 2.45) is 0 Å². The predicted octanol–water partition coefficient (Wildman–Crippen LogP) is 6.05. The zero-order valence-corrected chi connectivity index (χ0v) is 36.9. The predicted molar refractivity (Wildman–Crippen MR) is 208 cm³/mol. The van der Waals surface area contributed by atoms with Gasteiger partial charge in [0.2, 0.25) is 0 Å². The summed E-state index contributed by atoms with van der Waals surface area (Å²) in [7, 11) is 0. The fraction of sp³-hybridized carbons (Fsp3) is 0.200. The van der Waals surface area contributed by atoms with Crippen molar-refractivity contribution in [3.8, 4) is 11.1 Å². The Morgan fingerprint density at radius 2 is 1.22 bits per heavy atom. The molecule has 0 heterocycles. The van der Waals surface area contributed by atoms with E-state index in [4.69, 9.17) is 34.8 Å². The number of fused-ring (bicyclic) bond motifs is 3. The van der Waals surface area contributed by atoms with E-state index >= 15 is 0 Å². The molecule has 0 N–H and O–H groups in total. The molecule has 0 radical (unpaired) electrons. The van der Waals surface area contributed by atoms with Gasteiger partial charge >= 0.3 is 323 Å². The SMILES string of the molecule is CC(C)(C)c1ccc2c(c1)[C]([Hf+2])=c1c-2cc(=C(c2ccccc2)c2ccccc2)c(C(C)(C)C)c1C1=C(c2ccc(Cl)c(Cl)c2Cl)C=CC1.[Cl-].[Cl-]. The van der Waals surface area contributed by atoms with Crippen molar-refractivity contribution < 1.29 is 49.2 Å². The second-order valence-corrected chi connectivity index (χ2v) is 18.0. The van der Waals surface area contributed by atoms with Crippen LogP contribution in [0.4, 0.5) is 0 Å². The van der Waals surface area contributed by atoms with Gasteiger partial charge in [-0.3, -0.25) is 0 Å². The molecule has 0 spiro atoms. The van der Waals surface area contributed by atoms with Gasteiger partial charge in [-0.05, 0) is 0 Å². The fourth-order valence-corrected chi connectivity index (χ4v) is 9.75. The molecule has 0 saturated heterocycles. The molecule has 0 fully saturated rings. The Morgan fingerprint density at radius 1 is 0.627 bits per heavy atom. The molecule has 0 aliphatic heterocycles. The van der Waals surface area contributed by atoms with Crippen LogP contribution in [0.25, 0.3) is 31.2 Å². The molecular formula is C45H38Cl5Hf.